The van der Waals surface area contributed by atoms with Crippen LogP contribution in [-0.2, 0) is 6.42 Å². The minimum Gasteiger partial charge on any atom is -0.457 e. The Morgan fingerprint density at radius 1 is 1.14 bits per heavy atom. The van der Waals surface area contributed by atoms with E-state index in [2.05, 4.69) is 22.9 Å². The lowest BCUT2D eigenvalue weighted by molar-refractivity contribution is 0.472. The van der Waals surface area contributed by atoms with E-state index < -0.39 is 0 Å². The first-order valence-electron chi connectivity index (χ1n) is 6.66. The van der Waals surface area contributed by atoms with Gasteiger partial charge < -0.3 is 10.5 Å². The fraction of sp³-hybridized carbons (Fsp3) is 0.250. The van der Waals surface area contributed by atoms with E-state index in [9.17, 15) is 0 Å². The molecule has 0 aromatic heterocycles. The molecule has 0 radical (unpaired) electrons. The highest BCUT2D eigenvalue weighted by molar-refractivity contribution is 9.10. The third kappa shape index (κ3) is 4.89. The zero-order valence-electron chi connectivity index (χ0n) is 11.6. The van der Waals surface area contributed by atoms with Crippen molar-refractivity contribution >= 4 is 39.1 Å². The maximum absolute atomic E-state index is 6.05. The summed E-state index contributed by atoms with van der Waals surface area (Å²) in [6.07, 6.45) is 1.66. The number of benzene rings is 2. The Morgan fingerprint density at radius 3 is 2.43 bits per heavy atom. The normalized spacial score (nSPS) is 12.2. The molecule has 0 saturated carbocycles. The van der Waals surface area contributed by atoms with Crippen molar-refractivity contribution in [3.63, 3.8) is 0 Å². The van der Waals surface area contributed by atoms with E-state index in [0.717, 1.165) is 28.6 Å². The summed E-state index contributed by atoms with van der Waals surface area (Å²) in [5.41, 5.74) is 7.10. The van der Waals surface area contributed by atoms with Gasteiger partial charge in [-0.1, -0.05) is 46.1 Å². The zero-order valence-corrected chi connectivity index (χ0v) is 14.7. The van der Waals surface area contributed by atoms with Crippen LogP contribution in [0.15, 0.2) is 40.9 Å². The number of halogens is 3. The van der Waals surface area contributed by atoms with Gasteiger partial charge in [0.2, 0.25) is 0 Å². The Hall–Kier alpha value is -0.740. The summed E-state index contributed by atoms with van der Waals surface area (Å²) in [4.78, 5) is 0. The van der Waals surface area contributed by atoms with E-state index in [1.807, 2.05) is 18.2 Å². The van der Waals surface area contributed by atoms with E-state index in [0.29, 0.717) is 15.8 Å². The van der Waals surface area contributed by atoms with Crippen molar-refractivity contribution in [1.29, 1.82) is 0 Å². The van der Waals surface area contributed by atoms with Crippen molar-refractivity contribution < 1.29 is 4.74 Å². The second-order valence-electron chi connectivity index (χ2n) is 4.83. The second kappa shape index (κ2) is 7.50. The van der Waals surface area contributed by atoms with Gasteiger partial charge in [-0.05, 0) is 54.8 Å². The van der Waals surface area contributed by atoms with Gasteiger partial charge in [0.1, 0.15) is 11.5 Å². The summed E-state index contributed by atoms with van der Waals surface area (Å²) in [5, 5.41) is 1.09. The van der Waals surface area contributed by atoms with Crippen molar-refractivity contribution in [1.82, 2.24) is 0 Å². The summed E-state index contributed by atoms with van der Waals surface area (Å²) in [6, 6.07) is 11.1. The molecule has 112 valence electrons. The van der Waals surface area contributed by atoms with E-state index in [1.54, 1.807) is 18.2 Å². The van der Waals surface area contributed by atoms with Gasteiger partial charge >= 0.3 is 0 Å². The first kappa shape index (κ1) is 16.6. The second-order valence-corrected chi connectivity index (χ2v) is 6.62. The van der Waals surface area contributed by atoms with Gasteiger partial charge in [0.25, 0.3) is 0 Å². The molecule has 0 aliphatic heterocycles. The van der Waals surface area contributed by atoms with Crippen molar-refractivity contribution in [3.05, 3.63) is 56.5 Å². The lowest BCUT2D eigenvalue weighted by Gasteiger charge is -2.15. The Kier molecular flexibility index (Phi) is 5.94. The average Bonchev–Trinajstić information content (AvgIpc) is 2.40. The third-order valence-electron chi connectivity index (χ3n) is 3.09. The molecule has 1 atom stereocenters. The molecular weight excluding hydrogens is 373 g/mol. The molecule has 1 unspecified atom stereocenters. The standard InChI is InChI=1S/C16H16BrCl2NO/c1-2-14(20)6-10-5-11(17)3-4-16(10)21-15-8-12(18)7-13(19)9-15/h3-5,7-9,14H,2,6,20H2,1H3. The van der Waals surface area contributed by atoms with Gasteiger partial charge in [0.05, 0.1) is 0 Å². The van der Waals surface area contributed by atoms with Crippen molar-refractivity contribution in [3.8, 4) is 11.5 Å². The molecule has 0 heterocycles. The summed E-state index contributed by atoms with van der Waals surface area (Å²) >= 11 is 15.5. The van der Waals surface area contributed by atoms with Crippen LogP contribution in [0.3, 0.4) is 0 Å². The van der Waals surface area contributed by atoms with Gasteiger partial charge in [-0.15, -0.1) is 0 Å². The summed E-state index contributed by atoms with van der Waals surface area (Å²) in [5.74, 6) is 1.38. The van der Waals surface area contributed by atoms with Crippen LogP contribution in [0, 0.1) is 0 Å². The molecule has 2 nitrogen and oxygen atoms in total. The molecule has 0 fully saturated rings. The van der Waals surface area contributed by atoms with E-state index >= 15 is 0 Å². The molecule has 0 saturated heterocycles. The molecule has 2 N–H and O–H groups in total. The van der Waals surface area contributed by atoms with Crippen molar-refractivity contribution in [2.45, 2.75) is 25.8 Å². The van der Waals surface area contributed by atoms with Gasteiger partial charge in [0.15, 0.2) is 0 Å². The maximum atomic E-state index is 6.05. The molecule has 5 heteroatoms. The first-order valence-corrected chi connectivity index (χ1v) is 8.20. The predicted molar refractivity (Wildman–Crippen MR) is 92.6 cm³/mol. The highest BCUT2D eigenvalue weighted by Gasteiger charge is 2.10. The lowest BCUT2D eigenvalue weighted by Crippen LogP contribution is -2.21. The SMILES string of the molecule is CCC(N)Cc1cc(Br)ccc1Oc1cc(Cl)cc(Cl)c1. The van der Waals surface area contributed by atoms with Crippen LogP contribution in [0.4, 0.5) is 0 Å². The monoisotopic (exact) mass is 387 g/mol. The van der Waals surface area contributed by atoms with Crippen LogP contribution >= 0.6 is 39.1 Å². The fourth-order valence-corrected chi connectivity index (χ4v) is 2.86. The molecule has 2 aromatic rings. The summed E-state index contributed by atoms with van der Waals surface area (Å²) in [6.45, 7) is 2.07. The lowest BCUT2D eigenvalue weighted by atomic mass is 10.0. The summed E-state index contributed by atoms with van der Waals surface area (Å²) < 4.78 is 6.92. The molecule has 0 bridgehead atoms. The van der Waals surface area contributed by atoms with Crippen molar-refractivity contribution in [2.24, 2.45) is 5.73 Å². The number of rotatable bonds is 5. The predicted octanol–water partition coefficient (Wildman–Crippen LogP) is 5.83. The topological polar surface area (TPSA) is 35.2 Å². The van der Waals surface area contributed by atoms with Crippen LogP contribution in [0.5, 0.6) is 11.5 Å². The molecule has 0 aliphatic rings. The Morgan fingerprint density at radius 2 is 1.81 bits per heavy atom. The van der Waals surface area contributed by atoms with Crippen LogP contribution in [0.25, 0.3) is 0 Å². The molecular formula is C16H16BrCl2NO. The largest absolute Gasteiger partial charge is 0.457 e. The summed E-state index contributed by atoms with van der Waals surface area (Å²) in [7, 11) is 0. The Balaban J connectivity index is 2.30. The van der Waals surface area contributed by atoms with Gasteiger partial charge in [-0.3, -0.25) is 0 Å². The number of hydrogen-bond donors (Lipinski definition) is 1. The van der Waals surface area contributed by atoms with Crippen LogP contribution in [0.2, 0.25) is 10.0 Å². The van der Waals surface area contributed by atoms with Crippen LogP contribution in [0.1, 0.15) is 18.9 Å². The van der Waals surface area contributed by atoms with Gasteiger partial charge in [0, 0.05) is 20.6 Å². The van der Waals surface area contributed by atoms with Crippen LogP contribution < -0.4 is 10.5 Å². The molecule has 21 heavy (non-hydrogen) atoms. The molecule has 2 aromatic carbocycles. The average molecular weight is 389 g/mol. The quantitative estimate of drug-likeness (QED) is 0.699. The highest BCUT2D eigenvalue weighted by Crippen LogP contribution is 2.32. The van der Waals surface area contributed by atoms with Gasteiger partial charge in [-0.25, -0.2) is 0 Å². The molecule has 0 amide bonds. The maximum Gasteiger partial charge on any atom is 0.130 e. The fourth-order valence-electron chi connectivity index (χ4n) is 1.95. The minimum absolute atomic E-state index is 0.101. The Bertz CT molecular complexity index is 613. The van der Waals surface area contributed by atoms with E-state index in [4.69, 9.17) is 33.7 Å². The Labute approximate surface area is 143 Å². The molecule has 2 rings (SSSR count). The first-order chi connectivity index (χ1) is 9.97. The van der Waals surface area contributed by atoms with Gasteiger partial charge in [-0.2, -0.15) is 0 Å². The number of ether oxygens (including phenoxy) is 1. The smallest absolute Gasteiger partial charge is 0.130 e. The van der Waals surface area contributed by atoms with E-state index in [1.165, 1.54) is 0 Å². The van der Waals surface area contributed by atoms with Crippen molar-refractivity contribution in [2.75, 3.05) is 0 Å². The zero-order chi connectivity index (χ0) is 15.4. The number of hydrogen-bond acceptors (Lipinski definition) is 2. The number of nitrogens with two attached hydrogens (primary N) is 1. The van der Waals surface area contributed by atoms with Crippen LogP contribution in [-0.4, -0.2) is 6.04 Å². The molecule has 0 aliphatic carbocycles. The minimum atomic E-state index is 0.101. The molecule has 0 spiro atoms. The highest BCUT2D eigenvalue weighted by atomic mass is 79.9. The third-order valence-corrected chi connectivity index (χ3v) is 4.02. The van der Waals surface area contributed by atoms with E-state index in [-0.39, 0.29) is 6.04 Å².